The number of nitrogens with two attached hydrogens (primary N) is 1. The van der Waals surface area contributed by atoms with Gasteiger partial charge < -0.3 is 0 Å². The molecule has 0 radical (unpaired) electrons. The van der Waals surface area contributed by atoms with Crippen molar-refractivity contribution in [2.45, 2.75) is 24.7 Å². The number of aromatic nitrogens is 1. The summed E-state index contributed by atoms with van der Waals surface area (Å²) in [6, 6.07) is 3.87. The number of amidine groups is 1. The summed E-state index contributed by atoms with van der Waals surface area (Å²) < 4.78 is 7.90. The molecule has 0 amide bonds. The number of hydrogen-bond donors (Lipinski definition) is 1. The molecule has 1 aliphatic heterocycles. The predicted molar refractivity (Wildman–Crippen MR) is 89.1 cm³/mol. The average Bonchev–Trinajstić information content (AvgIpc) is 2.38. The molecule has 1 aromatic heterocycles. The van der Waals surface area contributed by atoms with Gasteiger partial charge in [-0.3, -0.25) is 0 Å². The van der Waals surface area contributed by atoms with Crippen molar-refractivity contribution in [3.63, 3.8) is 0 Å². The molecule has 0 spiro atoms. The summed E-state index contributed by atoms with van der Waals surface area (Å²) in [4.78, 5) is 9.14. The van der Waals surface area contributed by atoms with Gasteiger partial charge in [0.2, 0.25) is 0 Å². The Hall–Kier alpha value is -1.11. The SMILES string of the molecule is CCI1C(N)=NC(c2nc(C)ccc2OC)=CC1C. The second-order valence-corrected chi connectivity index (χ2v) is 11.2. The number of allylic oxidation sites excluding steroid dienone is 1. The first-order valence-electron chi connectivity index (χ1n) is 6.29. The Morgan fingerprint density at radius 1 is 1.42 bits per heavy atom. The molecule has 0 aliphatic carbocycles. The van der Waals surface area contributed by atoms with E-state index in [1.807, 2.05) is 19.1 Å². The Bertz CT molecular complexity index is 539. The zero-order valence-corrected chi connectivity index (χ0v) is 13.9. The fourth-order valence-electron chi connectivity index (χ4n) is 2.08. The summed E-state index contributed by atoms with van der Waals surface area (Å²) in [7, 11) is 1.65. The topological polar surface area (TPSA) is 60.5 Å². The monoisotopic (exact) mass is 373 g/mol. The Morgan fingerprint density at radius 2 is 2.16 bits per heavy atom. The third-order valence-electron chi connectivity index (χ3n) is 3.03. The van der Waals surface area contributed by atoms with Crippen molar-refractivity contribution in [3.8, 4) is 5.75 Å². The van der Waals surface area contributed by atoms with Crippen LogP contribution in [0.15, 0.2) is 23.2 Å². The van der Waals surface area contributed by atoms with Crippen molar-refractivity contribution < 1.29 is 4.74 Å². The summed E-state index contributed by atoms with van der Waals surface area (Å²) in [6.45, 7) is 6.40. The molecule has 0 saturated heterocycles. The Morgan fingerprint density at radius 3 is 2.74 bits per heavy atom. The molecule has 0 bridgehead atoms. The second kappa shape index (κ2) is 5.90. The molecule has 2 rings (SSSR count). The van der Waals surface area contributed by atoms with Crippen LogP contribution in [0, 0.1) is 6.92 Å². The predicted octanol–water partition coefficient (Wildman–Crippen LogP) is 2.98. The Labute approximate surface area is 121 Å². The third kappa shape index (κ3) is 2.91. The average molecular weight is 373 g/mol. The van der Waals surface area contributed by atoms with Crippen LogP contribution >= 0.6 is 19.8 Å². The number of pyridine rings is 1. The summed E-state index contributed by atoms with van der Waals surface area (Å²) in [6.07, 6.45) is 2.20. The van der Waals surface area contributed by atoms with Gasteiger partial charge in [0.15, 0.2) is 0 Å². The van der Waals surface area contributed by atoms with Gasteiger partial charge in [-0.2, -0.15) is 0 Å². The number of ether oxygens (including phenoxy) is 1. The van der Waals surface area contributed by atoms with Crippen LogP contribution < -0.4 is 10.5 Å². The molecule has 1 aromatic rings. The number of hydrogen-bond acceptors (Lipinski definition) is 4. The minimum absolute atomic E-state index is 0.522. The number of alkyl halides is 2. The zero-order valence-electron chi connectivity index (χ0n) is 11.8. The van der Waals surface area contributed by atoms with Gasteiger partial charge in [0.05, 0.1) is 0 Å². The summed E-state index contributed by atoms with van der Waals surface area (Å²) >= 11 is -1.29. The molecule has 2 heterocycles. The first-order chi connectivity index (χ1) is 9.06. The van der Waals surface area contributed by atoms with Gasteiger partial charge in [-0.05, 0) is 0 Å². The summed E-state index contributed by atoms with van der Waals surface area (Å²) in [5.74, 6) is 0.749. The van der Waals surface area contributed by atoms with Gasteiger partial charge in [0, 0.05) is 0 Å². The van der Waals surface area contributed by atoms with Crippen molar-refractivity contribution in [2.75, 3.05) is 11.5 Å². The molecule has 19 heavy (non-hydrogen) atoms. The van der Waals surface area contributed by atoms with Crippen molar-refractivity contribution in [3.05, 3.63) is 29.6 Å². The van der Waals surface area contributed by atoms with E-state index in [-0.39, 0.29) is 0 Å². The second-order valence-electron chi connectivity index (χ2n) is 4.33. The summed E-state index contributed by atoms with van der Waals surface area (Å²) in [5, 5.41) is 0. The molecule has 1 aliphatic rings. The van der Waals surface area contributed by atoms with Crippen LogP contribution in [0.4, 0.5) is 0 Å². The number of nitrogens with zero attached hydrogens (tertiary/aromatic N) is 2. The quantitative estimate of drug-likeness (QED) is 0.504. The first-order valence-corrected chi connectivity index (χ1v) is 10.1. The maximum atomic E-state index is 6.15. The number of rotatable bonds is 3. The van der Waals surface area contributed by atoms with E-state index >= 15 is 0 Å². The van der Waals surface area contributed by atoms with Crippen molar-refractivity contribution in [2.24, 2.45) is 10.7 Å². The van der Waals surface area contributed by atoms with Gasteiger partial charge in [-0.25, -0.2) is 0 Å². The molecule has 0 saturated carbocycles. The zero-order chi connectivity index (χ0) is 14.0. The molecule has 4 nitrogen and oxygen atoms in total. The van der Waals surface area contributed by atoms with Crippen LogP contribution in [0.2, 0.25) is 0 Å². The van der Waals surface area contributed by atoms with E-state index in [9.17, 15) is 0 Å². The Kier molecular flexibility index (Phi) is 4.44. The van der Waals surface area contributed by atoms with E-state index < -0.39 is 19.8 Å². The Balaban J connectivity index is 2.46. The van der Waals surface area contributed by atoms with Crippen molar-refractivity contribution >= 4 is 29.4 Å². The van der Waals surface area contributed by atoms with Gasteiger partial charge in [0.25, 0.3) is 0 Å². The van der Waals surface area contributed by atoms with Crippen LogP contribution in [-0.2, 0) is 0 Å². The minimum atomic E-state index is -1.29. The molecule has 1 atom stereocenters. The first kappa shape index (κ1) is 14.3. The number of aryl methyl sites for hydroxylation is 1. The van der Waals surface area contributed by atoms with Gasteiger partial charge in [0.1, 0.15) is 0 Å². The fourth-order valence-corrected chi connectivity index (χ4v) is 6.60. The standard InChI is InChI=1S/C14H20IN3O/c1-5-15-9(2)8-11(18-14(15)16)13-12(19-4)7-6-10(3)17-13/h6-9H,5H2,1-4H3,(H2,16,18). The normalized spacial score (nSPS) is 20.8. The van der Waals surface area contributed by atoms with E-state index in [1.165, 1.54) is 0 Å². The molecule has 104 valence electrons. The van der Waals surface area contributed by atoms with E-state index in [4.69, 9.17) is 10.5 Å². The van der Waals surface area contributed by atoms with Crippen molar-refractivity contribution in [1.82, 2.24) is 4.98 Å². The fraction of sp³-hybridized carbons (Fsp3) is 0.429. The van der Waals surface area contributed by atoms with Gasteiger partial charge in [-0.15, -0.1) is 0 Å². The van der Waals surface area contributed by atoms with Crippen LogP contribution in [0.25, 0.3) is 5.70 Å². The number of halogens is 1. The van der Waals surface area contributed by atoms with Crippen LogP contribution in [0.5, 0.6) is 5.75 Å². The molecule has 2 N–H and O–H groups in total. The van der Waals surface area contributed by atoms with E-state index in [1.54, 1.807) is 7.11 Å². The molecular weight excluding hydrogens is 353 g/mol. The van der Waals surface area contributed by atoms with Crippen LogP contribution in [0.3, 0.4) is 0 Å². The third-order valence-corrected chi connectivity index (χ3v) is 9.06. The summed E-state index contributed by atoms with van der Waals surface area (Å²) in [5.41, 5.74) is 8.75. The number of aliphatic imine (C=N–C) groups is 1. The molecule has 5 heteroatoms. The van der Waals surface area contributed by atoms with Crippen molar-refractivity contribution in [1.29, 1.82) is 0 Å². The number of methoxy groups -OCH3 is 1. The molecule has 0 aromatic carbocycles. The van der Waals surface area contributed by atoms with E-state index in [0.29, 0.717) is 3.92 Å². The molecule has 0 fully saturated rings. The van der Waals surface area contributed by atoms with E-state index in [2.05, 4.69) is 29.9 Å². The van der Waals surface area contributed by atoms with Gasteiger partial charge in [-0.1, -0.05) is 0 Å². The maximum absolute atomic E-state index is 6.15. The van der Waals surface area contributed by atoms with E-state index in [0.717, 1.165) is 31.1 Å². The molecular formula is C14H20IN3O. The van der Waals surface area contributed by atoms with Gasteiger partial charge >= 0.3 is 121 Å². The van der Waals surface area contributed by atoms with Crippen LogP contribution in [-0.4, -0.2) is 24.3 Å². The van der Waals surface area contributed by atoms with Crippen LogP contribution in [0.1, 0.15) is 25.2 Å². The molecule has 1 unspecified atom stereocenters.